The maximum absolute atomic E-state index is 14.8. The Labute approximate surface area is 172 Å². The highest BCUT2D eigenvalue weighted by atomic mass is 19.1. The molecule has 2 aromatic heterocycles. The zero-order valence-electron chi connectivity index (χ0n) is 16.4. The number of carboxylic acid groups (broad SMARTS) is 1. The van der Waals surface area contributed by atoms with Crippen molar-refractivity contribution in [2.75, 3.05) is 18.0 Å². The lowest BCUT2D eigenvalue weighted by molar-refractivity contribution is 0.0694. The van der Waals surface area contributed by atoms with Gasteiger partial charge in [-0.15, -0.1) is 0 Å². The van der Waals surface area contributed by atoms with Gasteiger partial charge in [0.05, 0.1) is 5.39 Å². The number of aromatic nitrogens is 2. The second-order valence-corrected chi connectivity index (χ2v) is 7.62. The first kappa shape index (κ1) is 20.0. The van der Waals surface area contributed by atoms with Crippen LogP contribution in [0.4, 0.5) is 10.2 Å². The quantitative estimate of drug-likeness (QED) is 0.647. The summed E-state index contributed by atoms with van der Waals surface area (Å²) in [5.41, 5.74) is 6.27. The van der Waals surface area contributed by atoms with Gasteiger partial charge in [-0.1, -0.05) is 30.3 Å². The Hall–Kier alpha value is -3.26. The monoisotopic (exact) mass is 410 g/mol. The smallest absolute Gasteiger partial charge is 0.341 e. The molecule has 1 aliphatic heterocycles. The highest BCUT2D eigenvalue weighted by Crippen LogP contribution is 2.24. The summed E-state index contributed by atoms with van der Waals surface area (Å²) in [5, 5.41) is 9.40. The fraction of sp³-hybridized carbons (Fsp3) is 0.318. The third kappa shape index (κ3) is 3.91. The second kappa shape index (κ2) is 8.23. The van der Waals surface area contributed by atoms with Crippen LogP contribution in [0.15, 0.2) is 47.4 Å². The van der Waals surface area contributed by atoms with E-state index in [0.29, 0.717) is 26.1 Å². The SMILES string of the molecule is NC1CCN(c2nc3c(cc2F)c(=O)c(C(=O)O)cn3CCCc2ccccc2)C1. The highest BCUT2D eigenvalue weighted by Gasteiger charge is 2.25. The number of benzene rings is 1. The number of pyridine rings is 2. The zero-order valence-corrected chi connectivity index (χ0v) is 16.4. The maximum atomic E-state index is 14.8. The van der Waals surface area contributed by atoms with Crippen LogP contribution in [0.5, 0.6) is 0 Å². The Morgan fingerprint density at radius 2 is 2.07 bits per heavy atom. The number of hydrogen-bond acceptors (Lipinski definition) is 5. The van der Waals surface area contributed by atoms with Crippen LogP contribution in [0.2, 0.25) is 0 Å². The van der Waals surface area contributed by atoms with Gasteiger partial charge in [0, 0.05) is 31.9 Å². The van der Waals surface area contributed by atoms with Gasteiger partial charge in [0.15, 0.2) is 11.6 Å². The van der Waals surface area contributed by atoms with E-state index < -0.39 is 17.2 Å². The summed E-state index contributed by atoms with van der Waals surface area (Å²) in [7, 11) is 0. The van der Waals surface area contributed by atoms with E-state index in [1.54, 1.807) is 9.47 Å². The minimum atomic E-state index is -1.34. The molecule has 8 heteroatoms. The molecule has 0 bridgehead atoms. The molecule has 156 valence electrons. The average molecular weight is 410 g/mol. The van der Waals surface area contributed by atoms with E-state index in [1.807, 2.05) is 30.3 Å². The van der Waals surface area contributed by atoms with Crippen molar-refractivity contribution in [1.29, 1.82) is 0 Å². The van der Waals surface area contributed by atoms with Crippen LogP contribution in [0, 0.1) is 5.82 Å². The van der Waals surface area contributed by atoms with Crippen molar-refractivity contribution in [3.05, 3.63) is 69.8 Å². The van der Waals surface area contributed by atoms with Crippen LogP contribution in [-0.2, 0) is 13.0 Å². The predicted octanol–water partition coefficient (Wildman–Crippen LogP) is 2.40. The van der Waals surface area contributed by atoms with Crippen molar-refractivity contribution in [1.82, 2.24) is 9.55 Å². The molecule has 30 heavy (non-hydrogen) atoms. The largest absolute Gasteiger partial charge is 0.477 e. The van der Waals surface area contributed by atoms with Crippen molar-refractivity contribution in [3.8, 4) is 0 Å². The van der Waals surface area contributed by atoms with Crippen LogP contribution in [-0.4, -0.2) is 39.8 Å². The van der Waals surface area contributed by atoms with E-state index in [0.717, 1.165) is 24.5 Å². The average Bonchev–Trinajstić information content (AvgIpc) is 3.16. The molecule has 1 fully saturated rings. The molecule has 1 aliphatic rings. The second-order valence-electron chi connectivity index (χ2n) is 7.62. The number of anilines is 1. The molecule has 0 radical (unpaired) electrons. The van der Waals surface area contributed by atoms with E-state index in [4.69, 9.17) is 5.73 Å². The molecule has 3 aromatic rings. The molecule has 3 heterocycles. The van der Waals surface area contributed by atoms with Gasteiger partial charge < -0.3 is 20.3 Å². The third-order valence-electron chi connectivity index (χ3n) is 5.45. The number of nitrogens with zero attached hydrogens (tertiary/aromatic N) is 3. The van der Waals surface area contributed by atoms with Crippen LogP contribution in [0.3, 0.4) is 0 Å². The van der Waals surface area contributed by atoms with Crippen LogP contribution in [0.1, 0.15) is 28.8 Å². The molecule has 0 aliphatic carbocycles. The Balaban J connectivity index is 1.74. The van der Waals surface area contributed by atoms with Crippen molar-refractivity contribution >= 4 is 22.8 Å². The molecule has 1 saturated heterocycles. The molecule has 0 amide bonds. The lowest BCUT2D eigenvalue weighted by atomic mass is 10.1. The number of hydrogen-bond donors (Lipinski definition) is 2. The summed E-state index contributed by atoms with van der Waals surface area (Å²) in [4.78, 5) is 30.4. The number of nitrogens with two attached hydrogens (primary N) is 1. The van der Waals surface area contributed by atoms with Crippen LogP contribution in [0.25, 0.3) is 11.0 Å². The van der Waals surface area contributed by atoms with Crippen LogP contribution < -0.4 is 16.1 Å². The summed E-state index contributed by atoms with van der Waals surface area (Å²) in [6.07, 6.45) is 3.54. The van der Waals surface area contributed by atoms with Crippen molar-refractivity contribution in [3.63, 3.8) is 0 Å². The first-order chi connectivity index (χ1) is 14.4. The summed E-state index contributed by atoms with van der Waals surface area (Å²) in [6.45, 7) is 1.52. The molecule has 3 N–H and O–H groups in total. The van der Waals surface area contributed by atoms with E-state index in [2.05, 4.69) is 4.98 Å². The van der Waals surface area contributed by atoms with Gasteiger partial charge in [0.1, 0.15) is 11.2 Å². The Morgan fingerprint density at radius 1 is 1.30 bits per heavy atom. The van der Waals surface area contributed by atoms with Crippen molar-refractivity contribution in [2.24, 2.45) is 5.73 Å². The lowest BCUT2D eigenvalue weighted by Gasteiger charge is -2.19. The van der Waals surface area contributed by atoms with Gasteiger partial charge in [0.25, 0.3) is 0 Å². The number of carbonyl (C=O) groups is 1. The van der Waals surface area contributed by atoms with E-state index in [-0.39, 0.29) is 28.5 Å². The fourth-order valence-corrected chi connectivity index (χ4v) is 3.90. The Kier molecular flexibility index (Phi) is 5.50. The Morgan fingerprint density at radius 3 is 2.73 bits per heavy atom. The molecule has 4 rings (SSSR count). The van der Waals surface area contributed by atoms with Gasteiger partial charge in [-0.3, -0.25) is 4.79 Å². The minimum absolute atomic E-state index is 0.0284. The summed E-state index contributed by atoms with van der Waals surface area (Å²) in [6, 6.07) is 11.0. The first-order valence-corrected chi connectivity index (χ1v) is 9.95. The van der Waals surface area contributed by atoms with Gasteiger partial charge in [-0.25, -0.2) is 14.2 Å². The fourth-order valence-electron chi connectivity index (χ4n) is 3.90. The van der Waals surface area contributed by atoms with E-state index >= 15 is 0 Å². The first-order valence-electron chi connectivity index (χ1n) is 9.95. The van der Waals surface area contributed by atoms with Gasteiger partial charge in [-0.2, -0.15) is 0 Å². The molecular weight excluding hydrogens is 387 g/mol. The Bertz CT molecular complexity index is 1150. The highest BCUT2D eigenvalue weighted by molar-refractivity contribution is 5.92. The number of carboxylic acids is 1. The molecule has 0 spiro atoms. The standard InChI is InChI=1S/C22H23FN4O3/c23-18-11-16-19(28)17(22(29)30)13-26(9-4-7-14-5-2-1-3-6-14)20(16)25-21(18)27-10-8-15(24)12-27/h1-3,5-6,11,13,15H,4,7-10,12,24H2,(H,29,30). The van der Waals surface area contributed by atoms with Gasteiger partial charge >= 0.3 is 5.97 Å². The third-order valence-corrected chi connectivity index (χ3v) is 5.45. The molecule has 7 nitrogen and oxygen atoms in total. The zero-order chi connectivity index (χ0) is 21.3. The summed E-state index contributed by atoms with van der Waals surface area (Å²) in [5.74, 6) is -1.84. The number of aromatic carboxylic acids is 1. The number of aryl methyl sites for hydroxylation is 2. The number of halogens is 1. The lowest BCUT2D eigenvalue weighted by Crippen LogP contribution is -2.28. The number of fused-ring (bicyclic) bond motifs is 1. The van der Waals surface area contributed by atoms with Gasteiger partial charge in [-0.05, 0) is 30.9 Å². The van der Waals surface area contributed by atoms with Crippen LogP contribution >= 0.6 is 0 Å². The topological polar surface area (TPSA) is 101 Å². The summed E-state index contributed by atoms with van der Waals surface area (Å²) >= 11 is 0. The van der Waals surface area contributed by atoms with E-state index in [9.17, 15) is 19.1 Å². The van der Waals surface area contributed by atoms with Crippen molar-refractivity contribution in [2.45, 2.75) is 31.8 Å². The maximum Gasteiger partial charge on any atom is 0.341 e. The molecule has 1 atom stereocenters. The minimum Gasteiger partial charge on any atom is -0.477 e. The molecule has 0 saturated carbocycles. The van der Waals surface area contributed by atoms with Gasteiger partial charge in [0.2, 0.25) is 5.43 Å². The number of rotatable bonds is 6. The normalized spacial score (nSPS) is 16.3. The van der Waals surface area contributed by atoms with Crippen molar-refractivity contribution < 1.29 is 14.3 Å². The molecular formula is C22H23FN4O3. The molecule has 1 unspecified atom stereocenters. The predicted molar refractivity (Wildman–Crippen MR) is 112 cm³/mol. The summed E-state index contributed by atoms with van der Waals surface area (Å²) < 4.78 is 16.4. The van der Waals surface area contributed by atoms with E-state index in [1.165, 1.54) is 6.20 Å². The molecule has 1 aromatic carbocycles.